The van der Waals surface area contributed by atoms with Crippen molar-refractivity contribution in [1.82, 2.24) is 4.98 Å². The van der Waals surface area contributed by atoms with Crippen molar-refractivity contribution in [1.29, 1.82) is 5.26 Å². The molecule has 1 aliphatic rings. The van der Waals surface area contributed by atoms with Crippen molar-refractivity contribution in [2.75, 3.05) is 18.2 Å². The summed E-state index contributed by atoms with van der Waals surface area (Å²) in [5.41, 5.74) is 6.64. The highest BCUT2D eigenvalue weighted by molar-refractivity contribution is 5.67. The Morgan fingerprint density at radius 2 is 2.17 bits per heavy atom. The number of nitrogen functional groups attached to an aromatic ring is 1. The van der Waals surface area contributed by atoms with Gasteiger partial charge in [0.05, 0.1) is 12.8 Å². The Morgan fingerprint density at radius 3 is 2.78 bits per heavy atom. The van der Waals surface area contributed by atoms with Crippen LogP contribution in [0, 0.1) is 11.3 Å². The molecule has 1 aromatic heterocycles. The molecule has 5 heteroatoms. The highest BCUT2D eigenvalue weighted by atomic mass is 16.5. The molecular formula is C13H18N4O. The number of aromatic nitrogens is 1. The van der Waals surface area contributed by atoms with E-state index >= 15 is 0 Å². The second-order valence-electron chi connectivity index (χ2n) is 4.57. The van der Waals surface area contributed by atoms with Crippen LogP contribution < -0.4 is 15.8 Å². The maximum absolute atomic E-state index is 9.14. The molecule has 0 radical (unpaired) electrons. The first kappa shape index (κ1) is 12.5. The summed E-state index contributed by atoms with van der Waals surface area (Å²) in [5.74, 6) is 0.978. The van der Waals surface area contributed by atoms with Crippen molar-refractivity contribution in [2.24, 2.45) is 0 Å². The minimum Gasteiger partial charge on any atom is -0.481 e. The molecule has 96 valence electrons. The summed E-state index contributed by atoms with van der Waals surface area (Å²) in [5, 5.41) is 12.5. The number of nitriles is 1. The van der Waals surface area contributed by atoms with E-state index in [2.05, 4.69) is 16.4 Å². The third kappa shape index (κ3) is 2.65. The van der Waals surface area contributed by atoms with Gasteiger partial charge in [0.15, 0.2) is 0 Å². The Labute approximate surface area is 107 Å². The third-order valence-electron chi connectivity index (χ3n) is 3.29. The van der Waals surface area contributed by atoms with Gasteiger partial charge in [0, 0.05) is 12.1 Å². The predicted octanol–water partition coefficient (Wildman–Crippen LogP) is 2.29. The lowest BCUT2D eigenvalue weighted by Crippen LogP contribution is -2.23. The molecule has 0 aromatic carbocycles. The normalized spacial score (nSPS) is 16.0. The van der Waals surface area contributed by atoms with E-state index in [1.807, 2.05) is 0 Å². The predicted molar refractivity (Wildman–Crippen MR) is 70.4 cm³/mol. The number of pyridine rings is 1. The third-order valence-corrected chi connectivity index (χ3v) is 3.29. The van der Waals surface area contributed by atoms with Crippen LogP contribution in [0.15, 0.2) is 6.07 Å². The number of rotatable bonds is 3. The maximum atomic E-state index is 9.14. The molecule has 0 amide bonds. The lowest BCUT2D eigenvalue weighted by Gasteiger charge is -2.24. The molecule has 5 nitrogen and oxygen atoms in total. The van der Waals surface area contributed by atoms with Gasteiger partial charge in [-0.25, -0.2) is 0 Å². The van der Waals surface area contributed by atoms with Crippen molar-refractivity contribution in [2.45, 2.75) is 38.1 Å². The van der Waals surface area contributed by atoms with E-state index in [1.165, 1.54) is 26.4 Å². The summed E-state index contributed by atoms with van der Waals surface area (Å²) < 4.78 is 5.08. The molecule has 3 N–H and O–H groups in total. The molecule has 2 rings (SSSR count). The monoisotopic (exact) mass is 246 g/mol. The summed E-state index contributed by atoms with van der Waals surface area (Å²) in [6.07, 6.45) is 5.96. The molecule has 0 atom stereocenters. The summed E-state index contributed by atoms with van der Waals surface area (Å²) in [6.45, 7) is 0. The van der Waals surface area contributed by atoms with Crippen molar-refractivity contribution < 1.29 is 4.74 Å². The molecule has 1 heterocycles. The van der Waals surface area contributed by atoms with Gasteiger partial charge in [-0.05, 0) is 12.8 Å². The lowest BCUT2D eigenvalue weighted by atomic mass is 9.95. The van der Waals surface area contributed by atoms with Gasteiger partial charge >= 0.3 is 0 Å². The molecular weight excluding hydrogens is 228 g/mol. The van der Waals surface area contributed by atoms with E-state index in [1.54, 1.807) is 6.07 Å². The van der Waals surface area contributed by atoms with E-state index in [-0.39, 0.29) is 0 Å². The molecule has 1 fully saturated rings. The van der Waals surface area contributed by atoms with Gasteiger partial charge in [-0.2, -0.15) is 10.2 Å². The fourth-order valence-corrected chi connectivity index (χ4v) is 2.31. The van der Waals surface area contributed by atoms with E-state index in [4.69, 9.17) is 15.7 Å². The summed E-state index contributed by atoms with van der Waals surface area (Å²) >= 11 is 0. The second kappa shape index (κ2) is 5.58. The Morgan fingerprint density at radius 1 is 1.44 bits per heavy atom. The number of nitrogens with two attached hydrogens (primary N) is 1. The molecule has 0 aliphatic heterocycles. The zero-order chi connectivity index (χ0) is 13.0. The van der Waals surface area contributed by atoms with E-state index in [0.29, 0.717) is 29.0 Å². The molecule has 0 spiro atoms. The Balaban J connectivity index is 2.24. The summed E-state index contributed by atoms with van der Waals surface area (Å²) in [4.78, 5) is 4.28. The van der Waals surface area contributed by atoms with Gasteiger partial charge < -0.3 is 15.8 Å². The van der Waals surface area contributed by atoms with Crippen molar-refractivity contribution in [3.8, 4) is 11.9 Å². The van der Waals surface area contributed by atoms with Crippen molar-refractivity contribution in [3.63, 3.8) is 0 Å². The number of anilines is 2. The number of nitrogens with one attached hydrogen (secondary N) is 1. The van der Waals surface area contributed by atoms with Crippen LogP contribution >= 0.6 is 0 Å². The number of hydrogen-bond donors (Lipinski definition) is 2. The molecule has 1 saturated carbocycles. The van der Waals surface area contributed by atoms with Crippen LogP contribution in [-0.2, 0) is 0 Å². The highest BCUT2D eigenvalue weighted by Crippen LogP contribution is 2.27. The first-order valence-electron chi connectivity index (χ1n) is 6.25. The topological polar surface area (TPSA) is 84.0 Å². The lowest BCUT2D eigenvalue weighted by molar-refractivity contribution is 0.398. The fourth-order valence-electron chi connectivity index (χ4n) is 2.31. The standard InChI is InChI=1S/C13H18N4O/c1-18-12-7-11(15)10(8-14)13(17-12)16-9-5-3-2-4-6-9/h7,9H,2-6H2,1H3,(H3,15,16,17). The SMILES string of the molecule is COc1cc(N)c(C#N)c(NC2CCCCC2)n1. The molecule has 0 bridgehead atoms. The average molecular weight is 246 g/mol. The Kier molecular flexibility index (Phi) is 3.88. The van der Waals surface area contributed by atoms with Crippen LogP contribution in [0.4, 0.5) is 11.5 Å². The number of nitrogens with zero attached hydrogens (tertiary/aromatic N) is 2. The zero-order valence-electron chi connectivity index (χ0n) is 10.6. The Bertz CT molecular complexity index is 461. The van der Waals surface area contributed by atoms with Crippen LogP contribution in [0.2, 0.25) is 0 Å². The largest absolute Gasteiger partial charge is 0.481 e. The van der Waals surface area contributed by atoms with Gasteiger partial charge in [-0.15, -0.1) is 0 Å². The van der Waals surface area contributed by atoms with Crippen molar-refractivity contribution >= 4 is 11.5 Å². The second-order valence-corrected chi connectivity index (χ2v) is 4.57. The quantitative estimate of drug-likeness (QED) is 0.854. The smallest absolute Gasteiger partial charge is 0.217 e. The van der Waals surface area contributed by atoms with Crippen LogP contribution in [0.25, 0.3) is 0 Å². The summed E-state index contributed by atoms with van der Waals surface area (Å²) in [7, 11) is 1.54. The number of methoxy groups -OCH3 is 1. The van der Waals surface area contributed by atoms with Gasteiger partial charge in [0.25, 0.3) is 0 Å². The van der Waals surface area contributed by atoms with Gasteiger partial charge in [0.2, 0.25) is 5.88 Å². The minimum absolute atomic E-state index is 0.379. The zero-order valence-corrected chi connectivity index (χ0v) is 10.6. The van der Waals surface area contributed by atoms with Crippen LogP contribution in [0.3, 0.4) is 0 Å². The van der Waals surface area contributed by atoms with Gasteiger partial charge in [-0.3, -0.25) is 0 Å². The molecule has 0 unspecified atom stereocenters. The van der Waals surface area contributed by atoms with Crippen LogP contribution in [0.5, 0.6) is 5.88 Å². The van der Waals surface area contributed by atoms with Crippen LogP contribution in [0.1, 0.15) is 37.7 Å². The minimum atomic E-state index is 0.379. The van der Waals surface area contributed by atoms with Gasteiger partial charge in [0.1, 0.15) is 17.5 Å². The highest BCUT2D eigenvalue weighted by Gasteiger charge is 2.17. The maximum Gasteiger partial charge on any atom is 0.217 e. The Hall–Kier alpha value is -1.96. The average Bonchev–Trinajstić information content (AvgIpc) is 2.39. The number of hydrogen-bond acceptors (Lipinski definition) is 5. The van der Waals surface area contributed by atoms with Gasteiger partial charge in [-0.1, -0.05) is 19.3 Å². The van der Waals surface area contributed by atoms with Crippen LogP contribution in [-0.4, -0.2) is 18.1 Å². The fraction of sp³-hybridized carbons (Fsp3) is 0.538. The summed E-state index contributed by atoms with van der Waals surface area (Å²) in [6, 6.07) is 4.05. The first-order chi connectivity index (χ1) is 8.74. The number of ether oxygens (including phenoxy) is 1. The first-order valence-corrected chi connectivity index (χ1v) is 6.25. The molecule has 18 heavy (non-hydrogen) atoms. The van der Waals surface area contributed by atoms with Crippen molar-refractivity contribution in [3.05, 3.63) is 11.6 Å². The molecule has 1 aliphatic carbocycles. The molecule has 1 aromatic rings. The van der Waals surface area contributed by atoms with E-state index in [9.17, 15) is 0 Å². The van der Waals surface area contributed by atoms with E-state index < -0.39 is 0 Å². The molecule has 0 saturated heterocycles. The van der Waals surface area contributed by atoms with E-state index in [0.717, 1.165) is 12.8 Å².